The highest BCUT2D eigenvalue weighted by atomic mass is 14.2. The van der Waals surface area contributed by atoms with Crippen molar-refractivity contribution in [2.24, 2.45) is 41.4 Å². The predicted molar refractivity (Wildman–Crippen MR) is 115 cm³/mol. The molecule has 6 atom stereocenters. The van der Waals surface area contributed by atoms with E-state index in [1.54, 1.807) is 0 Å². The Hall–Kier alpha value is 0. The summed E-state index contributed by atoms with van der Waals surface area (Å²) >= 11 is 0. The van der Waals surface area contributed by atoms with Crippen LogP contribution in [0.3, 0.4) is 0 Å². The van der Waals surface area contributed by atoms with E-state index in [1.807, 2.05) is 0 Å². The Bertz CT molecular complexity index is 267. The van der Waals surface area contributed by atoms with Gasteiger partial charge >= 0.3 is 0 Å². The lowest BCUT2D eigenvalue weighted by molar-refractivity contribution is 0.265. The van der Waals surface area contributed by atoms with Crippen molar-refractivity contribution < 1.29 is 0 Å². The van der Waals surface area contributed by atoms with E-state index in [1.165, 1.54) is 44.9 Å². The zero-order chi connectivity index (χ0) is 18.0. The molecule has 0 aromatic rings. The molecule has 0 spiro atoms. The molecule has 0 amide bonds. The zero-order valence-corrected chi connectivity index (χ0v) is 18.0. The molecule has 24 heavy (non-hydrogen) atoms. The van der Waals surface area contributed by atoms with Crippen LogP contribution in [0, 0.1) is 41.4 Å². The van der Waals surface area contributed by atoms with Crippen LogP contribution in [0.15, 0.2) is 0 Å². The highest BCUT2D eigenvalue weighted by Gasteiger charge is 2.17. The maximum Gasteiger partial charge on any atom is -0.0438 e. The summed E-state index contributed by atoms with van der Waals surface area (Å²) in [5.41, 5.74) is 0. The van der Waals surface area contributed by atoms with Gasteiger partial charge in [-0.1, -0.05) is 76.2 Å². The molecule has 0 fully saturated rings. The molecule has 0 aliphatic rings. The van der Waals surface area contributed by atoms with Crippen LogP contribution < -0.4 is 0 Å². The highest BCUT2D eigenvalue weighted by molar-refractivity contribution is 4.69. The predicted octanol–water partition coefficient (Wildman–Crippen LogP) is 8.85. The summed E-state index contributed by atoms with van der Waals surface area (Å²) in [5.74, 6) is 6.22. The van der Waals surface area contributed by atoms with Crippen LogP contribution in [0.25, 0.3) is 0 Å². The number of hydrogen-bond acceptors (Lipinski definition) is 0. The van der Waals surface area contributed by atoms with Crippen LogP contribution in [0.5, 0.6) is 0 Å². The first-order chi connectivity index (χ1) is 10.6. The van der Waals surface area contributed by atoms with Crippen molar-refractivity contribution in [2.75, 3.05) is 0 Å². The van der Waals surface area contributed by atoms with E-state index in [-0.39, 0.29) is 7.43 Å². The number of hydrogen-bond donors (Lipinski definition) is 0. The highest BCUT2D eigenvalue weighted by Crippen LogP contribution is 2.29. The summed E-state index contributed by atoms with van der Waals surface area (Å²) in [6.07, 6.45) is 9.83. The molecule has 6 unspecified atom stereocenters. The molecule has 0 N–H and O–H groups in total. The quantitative estimate of drug-likeness (QED) is 0.314. The maximum atomic E-state index is 2.49. The van der Waals surface area contributed by atoms with Gasteiger partial charge in [-0.25, -0.2) is 0 Å². The fourth-order valence-corrected chi connectivity index (χ4v) is 4.89. The van der Waals surface area contributed by atoms with E-state index in [4.69, 9.17) is 0 Å². The molecule has 0 saturated carbocycles. The van der Waals surface area contributed by atoms with Gasteiger partial charge in [0, 0.05) is 0 Å². The van der Waals surface area contributed by atoms with E-state index >= 15 is 0 Å². The smallest absolute Gasteiger partial charge is 0.0438 e. The van der Waals surface area contributed by atoms with E-state index in [2.05, 4.69) is 62.3 Å². The first-order valence-corrected chi connectivity index (χ1v) is 10.6. The lowest BCUT2D eigenvalue weighted by Crippen LogP contribution is -2.13. The Morgan fingerprint density at radius 2 is 0.667 bits per heavy atom. The van der Waals surface area contributed by atoms with Crippen LogP contribution in [0.4, 0.5) is 0 Å². The molecule has 0 heteroatoms. The van der Waals surface area contributed by atoms with E-state index < -0.39 is 0 Å². The number of rotatable bonds is 13. The van der Waals surface area contributed by atoms with Crippen molar-refractivity contribution in [3.8, 4) is 0 Å². The minimum Gasteiger partial charge on any atom is -0.0776 e. The third kappa shape index (κ3) is 14.4. The standard InChI is InChI=1S/C23H48.CH4/c1-10-18(4)12-20(6)14-22(8)16-23(9)15-21(7)13-19(5)11-17(2)3;/h17-23H,10-16H2,1-9H3;1H4. The van der Waals surface area contributed by atoms with Crippen molar-refractivity contribution >= 4 is 0 Å². The van der Waals surface area contributed by atoms with Gasteiger partial charge in [0.15, 0.2) is 0 Å². The van der Waals surface area contributed by atoms with Crippen molar-refractivity contribution in [1.82, 2.24) is 0 Å². The van der Waals surface area contributed by atoms with Gasteiger partial charge in [0.1, 0.15) is 0 Å². The monoisotopic (exact) mass is 340 g/mol. The van der Waals surface area contributed by atoms with Crippen molar-refractivity contribution in [3.63, 3.8) is 0 Å². The summed E-state index contributed by atoms with van der Waals surface area (Å²) in [6.45, 7) is 21.8. The largest absolute Gasteiger partial charge is 0.0776 e. The van der Waals surface area contributed by atoms with Crippen LogP contribution in [0.2, 0.25) is 0 Å². The second kappa shape index (κ2) is 14.2. The molecule has 148 valence electrons. The van der Waals surface area contributed by atoms with Gasteiger partial charge in [-0.2, -0.15) is 0 Å². The lowest BCUT2D eigenvalue weighted by atomic mass is 9.81. The van der Waals surface area contributed by atoms with Crippen LogP contribution in [-0.2, 0) is 0 Å². The first-order valence-electron chi connectivity index (χ1n) is 10.6. The van der Waals surface area contributed by atoms with Crippen LogP contribution in [0.1, 0.15) is 115 Å². The molecule has 0 rings (SSSR count). The van der Waals surface area contributed by atoms with E-state index in [0.717, 1.165) is 41.4 Å². The van der Waals surface area contributed by atoms with E-state index in [0.29, 0.717) is 0 Å². The molecule has 0 aromatic heterocycles. The van der Waals surface area contributed by atoms with Gasteiger partial charge in [0.05, 0.1) is 0 Å². The SMILES string of the molecule is C.CCC(C)CC(C)CC(C)CC(C)CC(C)CC(C)CC(C)C. The molecule has 0 aliphatic heterocycles. The molecular formula is C24H52. The third-order valence-electron chi connectivity index (χ3n) is 5.59. The van der Waals surface area contributed by atoms with Crippen molar-refractivity contribution in [3.05, 3.63) is 0 Å². The van der Waals surface area contributed by atoms with Gasteiger partial charge in [-0.05, 0) is 80.0 Å². The van der Waals surface area contributed by atoms with Gasteiger partial charge < -0.3 is 0 Å². The summed E-state index contributed by atoms with van der Waals surface area (Å²) < 4.78 is 0. The van der Waals surface area contributed by atoms with Gasteiger partial charge in [-0.15, -0.1) is 0 Å². The second-order valence-corrected chi connectivity index (χ2v) is 9.85. The molecule has 0 bridgehead atoms. The van der Waals surface area contributed by atoms with Crippen molar-refractivity contribution in [1.29, 1.82) is 0 Å². The Kier molecular flexibility index (Phi) is 15.5. The Balaban J connectivity index is 0. The molecule has 0 radical (unpaired) electrons. The average molecular weight is 341 g/mol. The maximum absolute atomic E-state index is 2.49. The Morgan fingerprint density at radius 1 is 0.417 bits per heavy atom. The molecule has 0 saturated heterocycles. The molecule has 0 aliphatic carbocycles. The normalized spacial score (nSPS) is 19.2. The van der Waals surface area contributed by atoms with Crippen molar-refractivity contribution in [2.45, 2.75) is 115 Å². The molecule has 0 heterocycles. The summed E-state index contributed by atoms with van der Waals surface area (Å²) in [5, 5.41) is 0. The van der Waals surface area contributed by atoms with Gasteiger partial charge in [0.2, 0.25) is 0 Å². The summed E-state index contributed by atoms with van der Waals surface area (Å²) in [4.78, 5) is 0. The average Bonchev–Trinajstić information content (AvgIpc) is 2.35. The van der Waals surface area contributed by atoms with E-state index in [9.17, 15) is 0 Å². The molecule has 0 nitrogen and oxygen atoms in total. The van der Waals surface area contributed by atoms with Gasteiger partial charge in [0.25, 0.3) is 0 Å². The second-order valence-electron chi connectivity index (χ2n) is 9.85. The first kappa shape index (κ1) is 26.2. The fourth-order valence-electron chi connectivity index (χ4n) is 4.89. The minimum absolute atomic E-state index is 0. The Labute approximate surface area is 156 Å². The van der Waals surface area contributed by atoms with Crippen LogP contribution in [-0.4, -0.2) is 0 Å². The zero-order valence-electron chi connectivity index (χ0n) is 18.0. The summed E-state index contributed by atoms with van der Waals surface area (Å²) in [6, 6.07) is 0. The van der Waals surface area contributed by atoms with Gasteiger partial charge in [-0.3, -0.25) is 0 Å². The Morgan fingerprint density at radius 3 is 0.917 bits per heavy atom. The fraction of sp³-hybridized carbons (Fsp3) is 1.00. The summed E-state index contributed by atoms with van der Waals surface area (Å²) in [7, 11) is 0. The minimum atomic E-state index is 0. The molecule has 0 aromatic carbocycles. The third-order valence-corrected chi connectivity index (χ3v) is 5.59. The lowest BCUT2D eigenvalue weighted by Gasteiger charge is -2.25. The topological polar surface area (TPSA) is 0 Å². The molecular weight excluding hydrogens is 288 g/mol. The van der Waals surface area contributed by atoms with Crippen LogP contribution >= 0.6 is 0 Å².